The first kappa shape index (κ1) is 19.0. The third-order valence-corrected chi connectivity index (χ3v) is 6.92. The minimum absolute atomic E-state index is 0.0417. The number of benzene rings is 1. The van der Waals surface area contributed by atoms with Crippen LogP contribution in [0.15, 0.2) is 60.2 Å². The van der Waals surface area contributed by atoms with Crippen molar-refractivity contribution >= 4 is 28.3 Å². The number of aryl methyl sites for hydroxylation is 1. The summed E-state index contributed by atoms with van der Waals surface area (Å²) in [6.07, 6.45) is 4.39. The van der Waals surface area contributed by atoms with Crippen molar-refractivity contribution in [2.45, 2.75) is 26.3 Å². The zero-order valence-corrected chi connectivity index (χ0v) is 18.2. The first-order valence-corrected chi connectivity index (χ1v) is 11.0. The summed E-state index contributed by atoms with van der Waals surface area (Å²) >= 11 is 1.74. The molecule has 1 unspecified atom stereocenters. The lowest BCUT2D eigenvalue weighted by Crippen LogP contribution is -2.57. The highest BCUT2D eigenvalue weighted by molar-refractivity contribution is 7.09. The molecule has 6 heteroatoms. The maximum atomic E-state index is 13.4. The van der Waals surface area contributed by atoms with Crippen LogP contribution in [0.1, 0.15) is 46.5 Å². The molecule has 1 aliphatic rings. The summed E-state index contributed by atoms with van der Waals surface area (Å²) in [4.78, 5) is 25.6. The molecule has 1 aromatic carbocycles. The lowest BCUT2D eigenvalue weighted by atomic mass is 9.71. The van der Waals surface area contributed by atoms with Crippen LogP contribution in [0.25, 0.3) is 11.0 Å². The highest BCUT2D eigenvalue weighted by Crippen LogP contribution is 2.48. The van der Waals surface area contributed by atoms with Crippen LogP contribution in [0, 0.1) is 5.41 Å². The summed E-state index contributed by atoms with van der Waals surface area (Å²) in [6.45, 7) is 5.16. The molecule has 152 valence electrons. The number of carbonyl (C=O) groups is 1. The van der Waals surface area contributed by atoms with Crippen LogP contribution in [0.5, 0.6) is 0 Å². The summed E-state index contributed by atoms with van der Waals surface area (Å²) in [5.74, 6) is 1.07. The van der Waals surface area contributed by atoms with E-state index in [9.17, 15) is 4.79 Å². The highest BCUT2D eigenvalue weighted by Gasteiger charge is 2.48. The van der Waals surface area contributed by atoms with Crippen molar-refractivity contribution in [3.63, 3.8) is 0 Å². The third kappa shape index (κ3) is 3.12. The van der Waals surface area contributed by atoms with Crippen molar-refractivity contribution in [3.8, 4) is 0 Å². The number of nitrogens with zero attached hydrogens (tertiary/aromatic N) is 4. The number of thiophene rings is 1. The van der Waals surface area contributed by atoms with Gasteiger partial charge < -0.3 is 9.47 Å². The minimum Gasteiger partial charge on any atom is -0.331 e. The average molecular weight is 417 g/mol. The predicted molar refractivity (Wildman–Crippen MR) is 120 cm³/mol. The van der Waals surface area contributed by atoms with Crippen molar-refractivity contribution in [3.05, 3.63) is 82.1 Å². The monoisotopic (exact) mass is 416 g/mol. The number of carbonyl (C=O) groups excluding carboxylic acids is 1. The van der Waals surface area contributed by atoms with Crippen molar-refractivity contribution in [1.82, 2.24) is 19.4 Å². The van der Waals surface area contributed by atoms with Crippen LogP contribution in [0.4, 0.5) is 0 Å². The maximum Gasteiger partial charge on any atom is 0.254 e. The largest absolute Gasteiger partial charge is 0.331 e. The summed E-state index contributed by atoms with van der Waals surface area (Å²) in [5.41, 5.74) is 3.78. The number of pyridine rings is 1. The van der Waals surface area contributed by atoms with Gasteiger partial charge in [-0.2, -0.15) is 0 Å². The molecule has 0 N–H and O–H groups in total. The Morgan fingerprint density at radius 1 is 1.20 bits per heavy atom. The number of amides is 1. The van der Waals surface area contributed by atoms with E-state index in [-0.39, 0.29) is 17.4 Å². The van der Waals surface area contributed by atoms with Gasteiger partial charge in [0, 0.05) is 48.3 Å². The van der Waals surface area contributed by atoms with E-state index < -0.39 is 0 Å². The van der Waals surface area contributed by atoms with Gasteiger partial charge >= 0.3 is 0 Å². The zero-order chi connectivity index (χ0) is 20.9. The molecule has 3 aromatic heterocycles. The van der Waals surface area contributed by atoms with Crippen molar-refractivity contribution in [2.75, 3.05) is 6.54 Å². The molecule has 1 fully saturated rings. The number of hydrogen-bond donors (Lipinski definition) is 0. The fraction of sp³-hybridized carbons (Fsp3) is 0.292. The normalized spacial score (nSPS) is 17.8. The van der Waals surface area contributed by atoms with E-state index in [4.69, 9.17) is 4.98 Å². The van der Waals surface area contributed by atoms with Gasteiger partial charge in [0.2, 0.25) is 0 Å². The number of fused-ring (bicyclic) bond motifs is 1. The first-order valence-electron chi connectivity index (χ1n) is 10.1. The van der Waals surface area contributed by atoms with E-state index in [1.807, 2.05) is 42.3 Å². The van der Waals surface area contributed by atoms with Gasteiger partial charge in [0.25, 0.3) is 5.91 Å². The van der Waals surface area contributed by atoms with Crippen LogP contribution in [0.2, 0.25) is 0 Å². The van der Waals surface area contributed by atoms with E-state index in [1.165, 1.54) is 4.88 Å². The molecule has 1 aliphatic heterocycles. The Balaban J connectivity index is 1.45. The fourth-order valence-corrected chi connectivity index (χ4v) is 5.27. The van der Waals surface area contributed by atoms with E-state index in [0.717, 1.165) is 35.4 Å². The number of imidazole rings is 1. The number of hydrogen-bond acceptors (Lipinski definition) is 4. The van der Waals surface area contributed by atoms with Crippen LogP contribution in [-0.4, -0.2) is 31.9 Å². The molecule has 5 rings (SSSR count). The molecule has 1 saturated heterocycles. The molecule has 4 aromatic rings. The van der Waals surface area contributed by atoms with Crippen LogP contribution in [-0.2, 0) is 13.5 Å². The molecule has 0 bridgehead atoms. The van der Waals surface area contributed by atoms with E-state index >= 15 is 0 Å². The van der Waals surface area contributed by atoms with Crippen molar-refractivity contribution < 1.29 is 4.79 Å². The van der Waals surface area contributed by atoms with E-state index in [2.05, 4.69) is 40.9 Å². The molecule has 4 heterocycles. The van der Waals surface area contributed by atoms with Crippen LogP contribution >= 0.6 is 11.3 Å². The quantitative estimate of drug-likeness (QED) is 0.478. The third-order valence-electron chi connectivity index (χ3n) is 6.05. The van der Waals surface area contributed by atoms with Crippen LogP contribution in [0.3, 0.4) is 0 Å². The maximum absolute atomic E-state index is 13.4. The van der Waals surface area contributed by atoms with Gasteiger partial charge in [-0.05, 0) is 47.3 Å². The van der Waals surface area contributed by atoms with Crippen molar-refractivity contribution in [2.24, 2.45) is 12.5 Å². The predicted octanol–water partition coefficient (Wildman–Crippen LogP) is 4.84. The Morgan fingerprint density at radius 2 is 2.00 bits per heavy atom. The molecule has 1 amide bonds. The zero-order valence-electron chi connectivity index (χ0n) is 17.4. The molecule has 5 nitrogen and oxygen atoms in total. The SMILES string of the molecule is Cn1c(Cc2cccs2)nc2cc(C(=O)N3CC(C)(C)C3c3ccncc3)ccc21. The fourth-order valence-electron chi connectivity index (χ4n) is 4.57. The lowest BCUT2D eigenvalue weighted by Gasteiger charge is -2.54. The Kier molecular flexibility index (Phi) is 4.47. The van der Waals surface area contributed by atoms with Crippen molar-refractivity contribution in [1.29, 1.82) is 0 Å². The Hall–Kier alpha value is -2.99. The van der Waals surface area contributed by atoms with Gasteiger partial charge in [-0.15, -0.1) is 11.3 Å². The number of likely N-dealkylation sites (tertiary alicyclic amines) is 1. The second-order valence-electron chi connectivity index (χ2n) is 8.65. The highest BCUT2D eigenvalue weighted by atomic mass is 32.1. The van der Waals surface area contributed by atoms with E-state index in [1.54, 1.807) is 23.7 Å². The smallest absolute Gasteiger partial charge is 0.254 e. The topological polar surface area (TPSA) is 51.0 Å². The molecule has 0 aliphatic carbocycles. The Morgan fingerprint density at radius 3 is 2.70 bits per heavy atom. The minimum atomic E-state index is 0.0417. The standard InChI is InChI=1S/C24H24N4OS/c1-24(2)15-28(22(24)16-8-10-25-11-9-16)23(29)17-6-7-20-19(13-17)26-21(27(20)3)14-18-5-4-12-30-18/h4-13,22H,14-15H2,1-3H3. The molecule has 0 radical (unpaired) electrons. The van der Waals surface area contributed by atoms with Gasteiger partial charge in [0.05, 0.1) is 17.1 Å². The molecule has 30 heavy (non-hydrogen) atoms. The van der Waals surface area contributed by atoms with Gasteiger partial charge in [0.15, 0.2) is 0 Å². The summed E-state index contributed by atoms with van der Waals surface area (Å²) in [6, 6.07) is 14.1. The number of rotatable bonds is 4. The Labute approximate surface area is 180 Å². The second kappa shape index (κ2) is 7.06. The molecule has 1 atom stereocenters. The van der Waals surface area contributed by atoms with Crippen LogP contribution < -0.4 is 0 Å². The summed E-state index contributed by atoms with van der Waals surface area (Å²) in [5, 5.41) is 2.09. The lowest BCUT2D eigenvalue weighted by molar-refractivity contribution is -0.0322. The summed E-state index contributed by atoms with van der Waals surface area (Å²) in [7, 11) is 2.04. The second-order valence-corrected chi connectivity index (χ2v) is 9.68. The van der Waals surface area contributed by atoms with E-state index in [0.29, 0.717) is 5.56 Å². The van der Waals surface area contributed by atoms with Gasteiger partial charge in [-0.1, -0.05) is 19.9 Å². The Bertz CT molecular complexity index is 1210. The average Bonchev–Trinajstić information content (AvgIpc) is 3.35. The van der Waals surface area contributed by atoms with Gasteiger partial charge in [-0.3, -0.25) is 9.78 Å². The molecule has 0 saturated carbocycles. The number of aromatic nitrogens is 3. The first-order chi connectivity index (χ1) is 14.4. The molecule has 0 spiro atoms. The van der Waals surface area contributed by atoms with Gasteiger partial charge in [-0.25, -0.2) is 4.98 Å². The molecular formula is C24H24N4OS. The summed E-state index contributed by atoms with van der Waals surface area (Å²) < 4.78 is 2.12. The molecular weight excluding hydrogens is 392 g/mol. The van der Waals surface area contributed by atoms with Gasteiger partial charge in [0.1, 0.15) is 5.82 Å².